The van der Waals surface area contributed by atoms with Crippen LogP contribution in [0.1, 0.15) is 17.9 Å². The second-order valence-electron chi connectivity index (χ2n) is 6.35. The van der Waals surface area contributed by atoms with Gasteiger partial charge in [-0.05, 0) is 26.0 Å². The van der Waals surface area contributed by atoms with Gasteiger partial charge in [0.25, 0.3) is 0 Å². The largest absolute Gasteiger partial charge is 0.493 e. The minimum absolute atomic E-state index is 0.0414. The van der Waals surface area contributed by atoms with Crippen molar-refractivity contribution in [3.63, 3.8) is 0 Å². The van der Waals surface area contributed by atoms with Gasteiger partial charge in [-0.1, -0.05) is 23.4 Å². The average molecular weight is 393 g/mol. The summed E-state index contributed by atoms with van der Waals surface area (Å²) in [5, 5.41) is 3.72. The first-order valence-corrected chi connectivity index (χ1v) is 10.2. The Morgan fingerprint density at radius 2 is 1.81 bits per heavy atom. The van der Waals surface area contributed by atoms with Gasteiger partial charge in [-0.25, -0.2) is 8.42 Å². The number of aromatic nitrogens is 1. The molecule has 0 atom stereocenters. The van der Waals surface area contributed by atoms with Crippen LogP contribution in [-0.2, 0) is 14.8 Å². The van der Waals surface area contributed by atoms with E-state index >= 15 is 0 Å². The van der Waals surface area contributed by atoms with Crippen molar-refractivity contribution in [2.45, 2.75) is 25.2 Å². The molecule has 0 spiro atoms. The van der Waals surface area contributed by atoms with Crippen LogP contribution in [0, 0.1) is 13.8 Å². The minimum Gasteiger partial charge on any atom is -0.493 e. The van der Waals surface area contributed by atoms with Gasteiger partial charge in [0.1, 0.15) is 16.3 Å². The summed E-state index contributed by atoms with van der Waals surface area (Å²) >= 11 is 0. The highest BCUT2D eigenvalue weighted by atomic mass is 32.2. The van der Waals surface area contributed by atoms with Gasteiger partial charge in [0.15, 0.2) is 5.76 Å². The quantitative estimate of drug-likeness (QED) is 0.740. The topological polar surface area (TPSA) is 93.0 Å². The van der Waals surface area contributed by atoms with Crippen LogP contribution in [-0.4, -0.2) is 61.5 Å². The van der Waals surface area contributed by atoms with Crippen LogP contribution in [0.4, 0.5) is 0 Å². The summed E-state index contributed by atoms with van der Waals surface area (Å²) in [6.45, 7) is 4.69. The molecule has 3 rings (SSSR count). The zero-order valence-electron chi connectivity index (χ0n) is 15.4. The first kappa shape index (κ1) is 19.4. The van der Waals surface area contributed by atoms with Gasteiger partial charge >= 0.3 is 0 Å². The van der Waals surface area contributed by atoms with E-state index in [1.54, 1.807) is 18.7 Å². The van der Waals surface area contributed by atoms with Gasteiger partial charge in [0.2, 0.25) is 15.9 Å². The fraction of sp³-hybridized carbons (Fsp3) is 0.444. The molecule has 0 unspecified atom stereocenters. The van der Waals surface area contributed by atoms with E-state index in [4.69, 9.17) is 9.26 Å². The summed E-state index contributed by atoms with van der Waals surface area (Å²) in [5.74, 6) is 0.963. The maximum atomic E-state index is 12.8. The standard InChI is InChI=1S/C18H23N3O5S/c1-14-18(15(2)26-19-14)27(23,24)21-11-9-20(10-12-21)17(22)8-13-25-16-6-4-3-5-7-16/h3-7H,8-13H2,1-2H3. The van der Waals surface area contributed by atoms with Crippen LogP contribution in [0.25, 0.3) is 0 Å². The molecule has 146 valence electrons. The van der Waals surface area contributed by atoms with Crippen molar-refractivity contribution < 1.29 is 22.5 Å². The molecule has 0 saturated carbocycles. The summed E-state index contributed by atoms with van der Waals surface area (Å²) in [6, 6.07) is 9.31. The van der Waals surface area contributed by atoms with Crippen molar-refractivity contribution >= 4 is 15.9 Å². The lowest BCUT2D eigenvalue weighted by molar-refractivity contribution is -0.132. The molecule has 27 heavy (non-hydrogen) atoms. The highest BCUT2D eigenvalue weighted by Gasteiger charge is 2.34. The van der Waals surface area contributed by atoms with Crippen molar-refractivity contribution in [1.82, 2.24) is 14.4 Å². The first-order valence-electron chi connectivity index (χ1n) is 8.78. The van der Waals surface area contributed by atoms with E-state index in [0.29, 0.717) is 25.4 Å². The van der Waals surface area contributed by atoms with Gasteiger partial charge in [0.05, 0.1) is 13.0 Å². The monoisotopic (exact) mass is 393 g/mol. The normalized spacial score (nSPS) is 15.7. The number of carbonyl (C=O) groups excluding carboxylic acids is 1. The average Bonchev–Trinajstić information content (AvgIpc) is 3.01. The molecule has 0 N–H and O–H groups in total. The zero-order valence-corrected chi connectivity index (χ0v) is 16.2. The summed E-state index contributed by atoms with van der Waals surface area (Å²) in [6.07, 6.45) is 0.255. The molecular formula is C18H23N3O5S. The number of rotatable bonds is 6. The molecule has 2 heterocycles. The summed E-state index contributed by atoms with van der Waals surface area (Å²) in [4.78, 5) is 14.1. The van der Waals surface area contributed by atoms with E-state index in [2.05, 4.69) is 5.16 Å². The molecule has 1 aliphatic heterocycles. The number of piperazine rings is 1. The van der Waals surface area contributed by atoms with Gasteiger partial charge in [-0.2, -0.15) is 4.31 Å². The number of ether oxygens (including phenoxy) is 1. The molecule has 1 fully saturated rings. The lowest BCUT2D eigenvalue weighted by atomic mass is 10.3. The molecule has 1 aromatic carbocycles. The highest BCUT2D eigenvalue weighted by Crippen LogP contribution is 2.24. The number of nitrogens with zero attached hydrogens (tertiary/aromatic N) is 3. The molecular weight excluding hydrogens is 370 g/mol. The Morgan fingerprint density at radius 3 is 2.41 bits per heavy atom. The van der Waals surface area contributed by atoms with E-state index in [-0.39, 0.29) is 36.1 Å². The maximum Gasteiger partial charge on any atom is 0.248 e. The third kappa shape index (κ3) is 4.30. The van der Waals surface area contributed by atoms with Gasteiger partial charge in [-0.15, -0.1) is 0 Å². The Hall–Kier alpha value is -2.39. The number of carbonyl (C=O) groups is 1. The number of sulfonamides is 1. The number of hydrogen-bond acceptors (Lipinski definition) is 6. The summed E-state index contributed by atoms with van der Waals surface area (Å²) in [7, 11) is -3.67. The van der Waals surface area contributed by atoms with E-state index in [1.165, 1.54) is 4.31 Å². The molecule has 9 heteroatoms. The predicted octanol–water partition coefficient (Wildman–Crippen LogP) is 1.59. The lowest BCUT2D eigenvalue weighted by Gasteiger charge is -2.34. The second kappa shape index (κ2) is 8.10. The van der Waals surface area contributed by atoms with Crippen molar-refractivity contribution in [3.8, 4) is 5.75 Å². The van der Waals surface area contributed by atoms with E-state index in [1.807, 2.05) is 30.3 Å². The van der Waals surface area contributed by atoms with Gasteiger partial charge in [-0.3, -0.25) is 4.79 Å². The van der Waals surface area contributed by atoms with Crippen molar-refractivity contribution in [2.75, 3.05) is 32.8 Å². The Kier molecular flexibility index (Phi) is 5.81. The van der Waals surface area contributed by atoms with Crippen LogP contribution < -0.4 is 4.74 Å². The van der Waals surface area contributed by atoms with E-state index < -0.39 is 10.0 Å². The minimum atomic E-state index is -3.67. The highest BCUT2D eigenvalue weighted by molar-refractivity contribution is 7.89. The van der Waals surface area contributed by atoms with Crippen LogP contribution in [0.2, 0.25) is 0 Å². The molecule has 1 aromatic heterocycles. The third-order valence-corrected chi connectivity index (χ3v) is 6.63. The summed E-state index contributed by atoms with van der Waals surface area (Å²) < 4.78 is 37.5. The number of benzene rings is 1. The molecule has 0 aliphatic carbocycles. The molecule has 1 saturated heterocycles. The van der Waals surface area contributed by atoms with Gasteiger partial charge in [0, 0.05) is 26.2 Å². The number of hydrogen-bond donors (Lipinski definition) is 0. The zero-order chi connectivity index (χ0) is 19.4. The van der Waals surface area contributed by atoms with Crippen LogP contribution in [0.5, 0.6) is 5.75 Å². The molecule has 0 bridgehead atoms. The third-order valence-electron chi connectivity index (χ3n) is 4.48. The molecule has 1 aliphatic rings. The molecule has 8 nitrogen and oxygen atoms in total. The van der Waals surface area contributed by atoms with Crippen LogP contribution >= 0.6 is 0 Å². The van der Waals surface area contributed by atoms with Crippen molar-refractivity contribution in [3.05, 3.63) is 41.8 Å². The Labute approximate surface area is 158 Å². The fourth-order valence-electron chi connectivity index (χ4n) is 3.08. The number of para-hydroxylation sites is 1. The number of aryl methyl sites for hydroxylation is 2. The Balaban J connectivity index is 1.52. The first-order chi connectivity index (χ1) is 12.9. The van der Waals surface area contributed by atoms with Gasteiger partial charge < -0.3 is 14.2 Å². The fourth-order valence-corrected chi connectivity index (χ4v) is 4.79. The second-order valence-corrected chi connectivity index (χ2v) is 8.22. The van der Waals surface area contributed by atoms with Crippen molar-refractivity contribution in [2.24, 2.45) is 0 Å². The molecule has 0 radical (unpaired) electrons. The van der Waals surface area contributed by atoms with Crippen LogP contribution in [0.3, 0.4) is 0 Å². The summed E-state index contributed by atoms with van der Waals surface area (Å²) in [5.41, 5.74) is 0.351. The van der Waals surface area contributed by atoms with Crippen molar-refractivity contribution in [1.29, 1.82) is 0 Å². The Morgan fingerprint density at radius 1 is 1.15 bits per heavy atom. The smallest absolute Gasteiger partial charge is 0.248 e. The Bertz CT molecular complexity index is 867. The molecule has 2 aromatic rings. The van der Waals surface area contributed by atoms with E-state index in [9.17, 15) is 13.2 Å². The van der Waals surface area contributed by atoms with E-state index in [0.717, 1.165) is 5.75 Å². The number of amides is 1. The lowest BCUT2D eigenvalue weighted by Crippen LogP contribution is -2.50. The molecule has 1 amide bonds. The predicted molar refractivity (Wildman–Crippen MR) is 97.9 cm³/mol. The SMILES string of the molecule is Cc1noc(C)c1S(=O)(=O)N1CCN(C(=O)CCOc2ccccc2)CC1. The maximum absolute atomic E-state index is 12.8. The van der Waals surface area contributed by atoms with Crippen LogP contribution in [0.15, 0.2) is 39.8 Å².